The van der Waals surface area contributed by atoms with Crippen LogP contribution in [0.3, 0.4) is 0 Å². The van der Waals surface area contributed by atoms with Gasteiger partial charge in [-0.25, -0.2) is 4.31 Å². The van der Waals surface area contributed by atoms with E-state index >= 15 is 0 Å². The summed E-state index contributed by atoms with van der Waals surface area (Å²) < 4.78 is 7.90. The van der Waals surface area contributed by atoms with Gasteiger partial charge < -0.3 is 9.88 Å². The Morgan fingerprint density at radius 1 is 1.17 bits per heavy atom. The molecule has 0 atom stereocenters. The summed E-state index contributed by atoms with van der Waals surface area (Å²) in [4.78, 5) is 0. The van der Waals surface area contributed by atoms with Crippen LogP contribution in [0.15, 0.2) is 24.4 Å². The van der Waals surface area contributed by atoms with Gasteiger partial charge in [0.25, 0.3) is 0 Å². The average Bonchev–Trinajstić information content (AvgIpc) is 2.80. The summed E-state index contributed by atoms with van der Waals surface area (Å²) >= 11 is 1.65. The lowest BCUT2D eigenvalue weighted by molar-refractivity contribution is 0.534. The number of nitrogens with one attached hydrogen (secondary N) is 2. The Hall–Kier alpha value is -1.17. The van der Waals surface area contributed by atoms with Gasteiger partial charge in [0, 0.05) is 48.5 Å². The highest BCUT2D eigenvalue weighted by Crippen LogP contribution is 2.26. The van der Waals surface area contributed by atoms with Gasteiger partial charge in [0.1, 0.15) is 0 Å². The number of hydrogen-bond donors (Lipinski definition) is 2. The fourth-order valence-electron chi connectivity index (χ4n) is 2.90. The molecule has 2 aromatic rings. The molecule has 5 heteroatoms. The maximum absolute atomic E-state index is 3.52. The maximum atomic E-state index is 3.52. The standard InChI is InChI=1S/C19H32N4S/c1-14(2)12-23-13-16(9-10-20-24-22(5)6)18-8-7-17(11-19(18)23)21-15(3)4/h7-8,11,13-15,20-21H,9-10,12H2,1-6H3. The molecule has 4 nitrogen and oxygen atoms in total. The van der Waals surface area contributed by atoms with Gasteiger partial charge in [0.2, 0.25) is 0 Å². The molecular formula is C19H32N4S. The van der Waals surface area contributed by atoms with E-state index in [-0.39, 0.29) is 0 Å². The van der Waals surface area contributed by atoms with Crippen molar-refractivity contribution in [3.63, 3.8) is 0 Å². The highest BCUT2D eigenvalue weighted by molar-refractivity contribution is 7.95. The van der Waals surface area contributed by atoms with E-state index in [0.29, 0.717) is 12.0 Å². The van der Waals surface area contributed by atoms with E-state index in [2.05, 4.69) is 85.1 Å². The average molecular weight is 349 g/mol. The summed E-state index contributed by atoms with van der Waals surface area (Å²) in [5, 5.41) is 4.89. The smallest absolute Gasteiger partial charge is 0.0503 e. The SMILES string of the molecule is CC(C)Cn1cc(CCNSN(C)C)c2ccc(NC(C)C)cc21. The molecule has 1 aromatic heterocycles. The van der Waals surface area contributed by atoms with Crippen LogP contribution in [0.1, 0.15) is 33.3 Å². The number of anilines is 1. The highest BCUT2D eigenvalue weighted by Gasteiger charge is 2.11. The van der Waals surface area contributed by atoms with Gasteiger partial charge in [-0.05, 0) is 58.0 Å². The van der Waals surface area contributed by atoms with E-state index < -0.39 is 0 Å². The molecule has 0 radical (unpaired) electrons. The Labute approximate surface area is 151 Å². The molecule has 0 fully saturated rings. The number of fused-ring (bicyclic) bond motifs is 1. The van der Waals surface area contributed by atoms with Crippen molar-refractivity contribution in [2.45, 2.75) is 46.7 Å². The van der Waals surface area contributed by atoms with E-state index in [1.54, 1.807) is 12.1 Å². The van der Waals surface area contributed by atoms with Crippen LogP contribution >= 0.6 is 12.1 Å². The van der Waals surface area contributed by atoms with Crippen molar-refractivity contribution in [3.8, 4) is 0 Å². The number of benzene rings is 1. The second kappa shape index (κ2) is 8.79. The van der Waals surface area contributed by atoms with Crippen LogP contribution < -0.4 is 10.0 Å². The Balaban J connectivity index is 2.24. The Morgan fingerprint density at radius 2 is 1.92 bits per heavy atom. The molecule has 134 valence electrons. The highest BCUT2D eigenvalue weighted by atomic mass is 32.2. The van der Waals surface area contributed by atoms with Crippen LogP contribution in [0.5, 0.6) is 0 Å². The summed E-state index contributed by atoms with van der Waals surface area (Å²) in [5.41, 5.74) is 3.96. The number of nitrogens with zero attached hydrogens (tertiary/aromatic N) is 2. The zero-order chi connectivity index (χ0) is 17.7. The van der Waals surface area contributed by atoms with E-state index in [1.807, 2.05) is 0 Å². The first-order valence-electron chi connectivity index (χ1n) is 8.82. The van der Waals surface area contributed by atoms with Gasteiger partial charge in [-0.15, -0.1) is 0 Å². The first kappa shape index (κ1) is 19.2. The molecule has 0 saturated carbocycles. The minimum Gasteiger partial charge on any atom is -0.383 e. The number of rotatable bonds is 9. The monoisotopic (exact) mass is 348 g/mol. The molecule has 0 spiro atoms. The van der Waals surface area contributed by atoms with Crippen LogP contribution in [0.25, 0.3) is 10.9 Å². The Morgan fingerprint density at radius 3 is 2.54 bits per heavy atom. The minimum absolute atomic E-state index is 0.447. The quantitative estimate of drug-likeness (QED) is 0.520. The number of aromatic nitrogens is 1. The molecule has 0 amide bonds. The molecule has 0 aliphatic rings. The zero-order valence-corrected chi connectivity index (χ0v) is 16.7. The molecule has 24 heavy (non-hydrogen) atoms. The van der Waals surface area contributed by atoms with Gasteiger partial charge in [0.05, 0.1) is 5.52 Å². The van der Waals surface area contributed by atoms with Crippen molar-refractivity contribution in [1.82, 2.24) is 13.6 Å². The molecule has 0 bridgehead atoms. The molecule has 0 aliphatic heterocycles. The van der Waals surface area contributed by atoms with Crippen molar-refractivity contribution in [1.29, 1.82) is 0 Å². The van der Waals surface area contributed by atoms with E-state index in [1.165, 1.54) is 22.2 Å². The normalized spacial score (nSPS) is 12.0. The Bertz CT molecular complexity index is 646. The van der Waals surface area contributed by atoms with Crippen molar-refractivity contribution in [2.24, 2.45) is 5.92 Å². The third-order valence-corrected chi connectivity index (χ3v) is 4.42. The van der Waals surface area contributed by atoms with Crippen LogP contribution in [0.4, 0.5) is 5.69 Å². The second-order valence-electron chi connectivity index (χ2n) is 7.28. The van der Waals surface area contributed by atoms with Crippen molar-refractivity contribution >= 4 is 28.7 Å². The van der Waals surface area contributed by atoms with Crippen LogP contribution in [-0.2, 0) is 13.0 Å². The lowest BCUT2D eigenvalue weighted by Gasteiger charge is -2.12. The summed E-state index contributed by atoms with van der Waals surface area (Å²) in [5.74, 6) is 0.637. The maximum Gasteiger partial charge on any atom is 0.0503 e. The van der Waals surface area contributed by atoms with Crippen LogP contribution in [0.2, 0.25) is 0 Å². The van der Waals surface area contributed by atoms with Gasteiger partial charge in [-0.1, -0.05) is 19.9 Å². The summed E-state index contributed by atoms with van der Waals surface area (Å²) in [6, 6.07) is 7.21. The molecule has 0 saturated heterocycles. The van der Waals surface area contributed by atoms with Crippen LogP contribution in [0, 0.1) is 5.92 Å². The molecule has 1 heterocycles. The summed E-state index contributed by atoms with van der Waals surface area (Å²) in [6.45, 7) is 10.9. The largest absolute Gasteiger partial charge is 0.383 e. The molecule has 0 aliphatic carbocycles. The van der Waals surface area contributed by atoms with Crippen molar-refractivity contribution in [2.75, 3.05) is 26.0 Å². The lowest BCUT2D eigenvalue weighted by atomic mass is 10.1. The van der Waals surface area contributed by atoms with E-state index in [9.17, 15) is 0 Å². The summed E-state index contributed by atoms with van der Waals surface area (Å²) in [7, 11) is 4.10. The Kier molecular flexibility index (Phi) is 7.02. The predicted octanol–water partition coefficient (Wildman–Crippen LogP) is 4.37. The zero-order valence-electron chi connectivity index (χ0n) is 15.9. The summed E-state index contributed by atoms with van der Waals surface area (Å²) in [6.07, 6.45) is 3.38. The third-order valence-electron chi connectivity index (χ3n) is 3.73. The molecular weight excluding hydrogens is 316 g/mol. The number of hydrogen-bond acceptors (Lipinski definition) is 4. The third kappa shape index (κ3) is 5.43. The van der Waals surface area contributed by atoms with Gasteiger partial charge in [-0.2, -0.15) is 0 Å². The van der Waals surface area contributed by atoms with Crippen molar-refractivity contribution < 1.29 is 0 Å². The fourth-order valence-corrected chi connectivity index (χ4v) is 3.35. The predicted molar refractivity (Wildman–Crippen MR) is 109 cm³/mol. The first-order valence-corrected chi connectivity index (χ1v) is 9.59. The van der Waals surface area contributed by atoms with E-state index in [0.717, 1.165) is 19.5 Å². The lowest BCUT2D eigenvalue weighted by Crippen LogP contribution is -2.15. The minimum atomic E-state index is 0.447. The van der Waals surface area contributed by atoms with E-state index in [4.69, 9.17) is 0 Å². The molecule has 2 N–H and O–H groups in total. The van der Waals surface area contributed by atoms with Gasteiger partial charge in [0.15, 0.2) is 0 Å². The molecule has 0 unspecified atom stereocenters. The van der Waals surface area contributed by atoms with Gasteiger partial charge in [-0.3, -0.25) is 4.72 Å². The van der Waals surface area contributed by atoms with Crippen LogP contribution in [-0.4, -0.2) is 35.6 Å². The fraction of sp³-hybridized carbons (Fsp3) is 0.579. The molecule has 1 aromatic carbocycles. The molecule has 2 rings (SSSR count). The second-order valence-corrected chi connectivity index (χ2v) is 8.48. The topological polar surface area (TPSA) is 32.2 Å². The van der Waals surface area contributed by atoms with Crippen molar-refractivity contribution in [3.05, 3.63) is 30.0 Å². The van der Waals surface area contributed by atoms with Gasteiger partial charge >= 0.3 is 0 Å². The first-order chi connectivity index (χ1) is 11.4.